The van der Waals surface area contributed by atoms with Gasteiger partial charge >= 0.3 is 39.6 Å². The first-order chi connectivity index (χ1) is 2.45. The van der Waals surface area contributed by atoms with E-state index in [1.165, 1.54) is 0 Å². The first-order valence-corrected chi connectivity index (χ1v) is 3.98. The zero-order valence-electron chi connectivity index (χ0n) is 4.51. The molecular weight excluding hydrogens is 184 g/mol. The van der Waals surface area contributed by atoms with Crippen LogP contribution in [-0.4, -0.2) is 19.3 Å². The van der Waals surface area contributed by atoms with Gasteiger partial charge in [0, 0.05) is 0 Å². The molecule has 0 aliphatic rings. The molecule has 9 heteroatoms. The van der Waals surface area contributed by atoms with Crippen molar-refractivity contribution in [2.45, 2.75) is 0 Å². The van der Waals surface area contributed by atoms with E-state index in [-0.39, 0.29) is 11.0 Å². The third-order valence-electron chi connectivity index (χ3n) is 0. The molecule has 9 heavy (non-hydrogen) atoms. The number of rotatable bonds is 0. The molecule has 0 heterocycles. The molecular formula is H14CuN4O4. The van der Waals surface area contributed by atoms with E-state index in [1.54, 1.807) is 0 Å². The molecule has 0 atom stereocenters. The van der Waals surface area contributed by atoms with Crippen LogP contribution >= 0.6 is 0 Å². The van der Waals surface area contributed by atoms with E-state index >= 15 is 0 Å². The van der Waals surface area contributed by atoms with Crippen LogP contribution in [0.5, 0.6) is 0 Å². The van der Waals surface area contributed by atoms with Crippen molar-refractivity contribution in [1.82, 2.24) is 0 Å². The van der Waals surface area contributed by atoms with E-state index in [2.05, 4.69) is 19.0 Å². The molecule has 0 spiro atoms. The fraction of sp³-hybridized carbons (Fsp3) is 0. The molecule has 8 nitrogen and oxygen atoms in total. The monoisotopic (exact) mass is 197 g/mol. The molecule has 0 saturated carbocycles. The van der Waals surface area contributed by atoms with E-state index in [1.807, 2.05) is 0 Å². The number of hydrogen-bond donors (Lipinski definition) is 6. The fourth-order valence-corrected chi connectivity index (χ4v) is 0. The second kappa shape index (κ2) is 1.84. The van der Waals surface area contributed by atoms with Crippen molar-refractivity contribution in [3.63, 3.8) is 0 Å². The molecule has 0 radical (unpaired) electrons. The van der Waals surface area contributed by atoms with Gasteiger partial charge in [0.25, 0.3) is 0 Å². The van der Waals surface area contributed by atoms with Crippen LogP contribution in [0.2, 0.25) is 0 Å². The molecule has 0 bridgehead atoms. The van der Waals surface area contributed by atoms with Crippen molar-refractivity contribution in [3.8, 4) is 0 Å². The minimum atomic E-state index is -5.44. The first-order valence-electron chi connectivity index (χ1n) is 0.966. The Bertz CT molecular complexity index is 71.1. The van der Waals surface area contributed by atoms with Crippen molar-refractivity contribution in [1.29, 1.82) is 0 Å². The summed E-state index contributed by atoms with van der Waals surface area (Å²) in [4.78, 5) is 0. The molecule has 0 aliphatic heterocycles. The summed E-state index contributed by atoms with van der Waals surface area (Å²) in [6.07, 6.45) is 0. The van der Waals surface area contributed by atoms with Crippen LogP contribution in [0.4, 0.5) is 0 Å². The van der Waals surface area contributed by atoms with E-state index in [9.17, 15) is 0 Å². The van der Waals surface area contributed by atoms with Crippen LogP contribution in [0.1, 0.15) is 0 Å². The van der Waals surface area contributed by atoms with Gasteiger partial charge in [0.1, 0.15) is 0 Å². The summed E-state index contributed by atoms with van der Waals surface area (Å²) in [5.74, 6) is 0. The minimum absolute atomic E-state index is 0. The van der Waals surface area contributed by atoms with Crippen molar-refractivity contribution in [3.05, 3.63) is 0 Å². The van der Waals surface area contributed by atoms with Gasteiger partial charge < -0.3 is 11.0 Å². The standard InChI is InChI=1S/Cu.4H2N.4H2O/h;8*1H2/q+6;4*-1;;;;/p-2. The van der Waals surface area contributed by atoms with E-state index in [4.69, 9.17) is 8.38 Å². The summed E-state index contributed by atoms with van der Waals surface area (Å²) >= 11 is -5.44. The Balaban J connectivity index is -0.000000180. The summed E-state index contributed by atoms with van der Waals surface area (Å²) in [5.41, 5.74) is 0. The Morgan fingerprint density at radius 1 is 0.778 bits per heavy atom. The van der Waals surface area contributed by atoms with Crippen LogP contribution in [0.3, 0.4) is 0 Å². The second-order valence-corrected chi connectivity index (χ2v) is 5.30. The number of hydrogen-bond acceptors (Lipinski definition) is 6. The zero-order valence-corrected chi connectivity index (χ0v) is 5.45. The second-order valence-electron chi connectivity index (χ2n) is 1.29. The van der Waals surface area contributed by atoms with Crippen LogP contribution in [0, 0.1) is 0 Å². The summed E-state index contributed by atoms with van der Waals surface area (Å²) < 4.78 is 34.1. The predicted molar refractivity (Wildman–Crippen MR) is 28.4 cm³/mol. The Morgan fingerprint density at radius 2 is 0.778 bits per heavy atom. The first kappa shape index (κ1) is 16.1. The van der Waals surface area contributed by atoms with Crippen molar-refractivity contribution in [2.24, 2.45) is 19.0 Å². The normalized spacial score (nSPS) is 18.0. The van der Waals surface area contributed by atoms with E-state index in [0.29, 0.717) is 0 Å². The predicted octanol–water partition coefficient (Wildman–Crippen LogP) is -5.13. The van der Waals surface area contributed by atoms with Gasteiger partial charge in [-0.3, -0.25) is 0 Å². The molecule has 0 aliphatic carbocycles. The third-order valence-corrected chi connectivity index (χ3v) is 0. The number of nitrogens with two attached hydrogens (primary N) is 4. The topological polar surface area (TPSA) is 208 Å². The Kier molecular flexibility index (Phi) is 3.29. The maximum absolute atomic E-state index is 8.23. The average molecular weight is 198 g/mol. The van der Waals surface area contributed by atoms with Crippen LogP contribution in [-0.2, 0) is 12.3 Å². The van der Waals surface area contributed by atoms with Crippen molar-refractivity contribution >= 4 is 0 Å². The molecule has 0 saturated heterocycles. The van der Waals surface area contributed by atoms with Gasteiger partial charge in [0.15, 0.2) is 0 Å². The molecule has 0 unspecified atom stereocenters. The maximum atomic E-state index is 8.23. The van der Waals surface area contributed by atoms with Gasteiger partial charge in [0.05, 0.1) is 0 Å². The summed E-state index contributed by atoms with van der Waals surface area (Å²) in [5, 5.41) is 0. The summed E-state index contributed by atoms with van der Waals surface area (Å²) in [7, 11) is 0. The molecule has 0 rings (SSSR count). The van der Waals surface area contributed by atoms with Crippen LogP contribution in [0.25, 0.3) is 0 Å². The molecule has 0 amide bonds. The van der Waals surface area contributed by atoms with Crippen LogP contribution in [0.15, 0.2) is 0 Å². The van der Waals surface area contributed by atoms with Crippen molar-refractivity contribution < 1.29 is 31.6 Å². The summed E-state index contributed by atoms with van der Waals surface area (Å²) in [6, 6.07) is 0. The van der Waals surface area contributed by atoms with Gasteiger partial charge in [-0.15, -0.1) is 0 Å². The Morgan fingerprint density at radius 3 is 0.778 bits per heavy atom. The van der Waals surface area contributed by atoms with E-state index in [0.717, 1.165) is 0 Å². The van der Waals surface area contributed by atoms with Gasteiger partial charge in [-0.05, 0) is 0 Å². The van der Waals surface area contributed by atoms with Gasteiger partial charge in [-0.2, -0.15) is 0 Å². The molecule has 14 N–H and O–H groups in total. The molecule has 69 valence electrons. The van der Waals surface area contributed by atoms with Crippen LogP contribution < -0.4 is 19.0 Å². The average Bonchev–Trinajstić information content (AvgIpc) is 0.592. The van der Waals surface area contributed by atoms with Gasteiger partial charge in [-0.1, -0.05) is 0 Å². The zero-order chi connectivity index (χ0) is 6.41. The summed E-state index contributed by atoms with van der Waals surface area (Å²) in [6.45, 7) is 0. The van der Waals surface area contributed by atoms with Gasteiger partial charge in [-0.25, -0.2) is 0 Å². The van der Waals surface area contributed by atoms with Crippen molar-refractivity contribution in [2.75, 3.05) is 0 Å². The Labute approximate surface area is 51.4 Å². The Hall–Kier alpha value is 0.199. The van der Waals surface area contributed by atoms with E-state index < -0.39 is 12.3 Å². The quantitative estimate of drug-likeness (QED) is 0.209. The molecule has 0 aromatic heterocycles. The molecule has 0 aromatic carbocycles. The third kappa shape index (κ3) is 7920. The fourth-order valence-electron chi connectivity index (χ4n) is 0. The van der Waals surface area contributed by atoms with Gasteiger partial charge in [0.2, 0.25) is 0 Å². The molecule has 0 fully saturated rings. The SMILES string of the molecule is O.O.[NH2][Cu]([NH2])([NH2])([NH2])([OH])[OH]. The molecule has 0 aromatic rings.